The third kappa shape index (κ3) is 6.36. The third-order valence-corrected chi connectivity index (χ3v) is 7.76. The summed E-state index contributed by atoms with van der Waals surface area (Å²) in [5, 5.41) is 6.42. The van der Waals surface area contributed by atoms with Crippen LogP contribution in [0.5, 0.6) is 0 Å². The number of benzene rings is 1. The number of carbonyl (C=O) groups excluding carboxylic acids is 4. The first-order valence-corrected chi connectivity index (χ1v) is 14.0. The number of rotatable bonds is 6. The van der Waals surface area contributed by atoms with E-state index in [1.54, 1.807) is 44.4 Å². The van der Waals surface area contributed by atoms with Crippen molar-refractivity contribution < 1.29 is 28.3 Å². The number of hydrogen-bond acceptors (Lipinski definition) is 7. The molecule has 0 spiro atoms. The van der Waals surface area contributed by atoms with E-state index in [2.05, 4.69) is 15.6 Å². The number of pyridine rings is 1. The maximum absolute atomic E-state index is 13.5. The van der Waals surface area contributed by atoms with Crippen molar-refractivity contribution in [1.29, 1.82) is 0 Å². The number of nitrogens with zero attached hydrogens (tertiary/aromatic N) is 3. The second-order valence-electron chi connectivity index (χ2n) is 10.5. The molecule has 0 radical (unpaired) electrons. The van der Waals surface area contributed by atoms with E-state index in [1.165, 1.54) is 11.1 Å². The molecule has 2 N–H and O–H groups in total. The standard InChI is InChI=1S/C29H32ClN5O6/c1-34(2)28(38)19-7-9-22-21(15-19)24(25(41-22)27(37)32-23-10-8-20(30)16-31-23)33-26(36)17-3-5-18(6-4-17)29(39)35-11-13-40-14-12-35/h7-10,15-18H,3-6,11-14H2,1-2H3,(H,33,36)(H,31,32,37)/t17-,18-. The predicted octanol–water partition coefficient (Wildman–Crippen LogP) is 4.04. The Hall–Kier alpha value is -3.96. The highest BCUT2D eigenvalue weighted by Crippen LogP contribution is 2.35. The SMILES string of the molecule is CN(C)C(=O)c1ccc2oc(C(=O)Nc3ccc(Cl)cn3)c(NC(=O)[C@H]3CC[C@H](C(=O)N4CCOCC4)CC3)c2c1. The maximum atomic E-state index is 13.5. The molecule has 0 unspecified atom stereocenters. The molecule has 2 fully saturated rings. The Labute approximate surface area is 242 Å². The average molecular weight is 582 g/mol. The number of halogens is 1. The average Bonchev–Trinajstić information content (AvgIpc) is 3.35. The number of morpholine rings is 1. The molecule has 1 saturated carbocycles. The maximum Gasteiger partial charge on any atom is 0.294 e. The summed E-state index contributed by atoms with van der Waals surface area (Å²) in [4.78, 5) is 59.7. The summed E-state index contributed by atoms with van der Waals surface area (Å²) >= 11 is 5.91. The van der Waals surface area contributed by atoms with Gasteiger partial charge in [-0.3, -0.25) is 19.2 Å². The number of amides is 4. The fraction of sp³-hybridized carbons (Fsp3) is 0.414. The van der Waals surface area contributed by atoms with E-state index in [1.807, 2.05) is 4.90 Å². The molecule has 1 aliphatic carbocycles. The highest BCUT2D eigenvalue weighted by Gasteiger charge is 2.34. The normalized spacial score (nSPS) is 19.0. The zero-order chi connectivity index (χ0) is 29.1. The summed E-state index contributed by atoms with van der Waals surface area (Å²) in [6.45, 7) is 2.30. The van der Waals surface area contributed by atoms with E-state index in [9.17, 15) is 19.2 Å². The van der Waals surface area contributed by atoms with Gasteiger partial charge in [0.05, 0.1) is 18.2 Å². The topological polar surface area (TPSA) is 134 Å². The third-order valence-electron chi connectivity index (χ3n) is 7.53. The lowest BCUT2D eigenvalue weighted by molar-refractivity contribution is -0.141. The first kappa shape index (κ1) is 28.6. The van der Waals surface area contributed by atoms with Crippen LogP contribution < -0.4 is 10.6 Å². The minimum absolute atomic E-state index is 0.111. The van der Waals surface area contributed by atoms with Crippen LogP contribution in [0, 0.1) is 11.8 Å². The molecule has 5 rings (SSSR count). The number of carbonyl (C=O) groups is 4. The fourth-order valence-corrected chi connectivity index (χ4v) is 5.38. The van der Waals surface area contributed by atoms with Crippen LogP contribution >= 0.6 is 11.6 Å². The number of nitrogens with one attached hydrogen (secondary N) is 2. The van der Waals surface area contributed by atoms with Gasteiger partial charge in [0.1, 0.15) is 17.1 Å². The quantitative estimate of drug-likeness (QED) is 0.449. The van der Waals surface area contributed by atoms with Gasteiger partial charge < -0.3 is 29.6 Å². The Morgan fingerprint density at radius 3 is 2.34 bits per heavy atom. The summed E-state index contributed by atoms with van der Waals surface area (Å²) in [5.41, 5.74) is 0.897. The molecule has 0 atom stereocenters. The fourth-order valence-electron chi connectivity index (χ4n) is 5.27. The largest absolute Gasteiger partial charge is 0.449 e. The van der Waals surface area contributed by atoms with Crippen LogP contribution in [0.15, 0.2) is 40.9 Å². The predicted molar refractivity (Wildman–Crippen MR) is 153 cm³/mol. The van der Waals surface area contributed by atoms with E-state index < -0.39 is 5.91 Å². The summed E-state index contributed by atoms with van der Waals surface area (Å²) in [6.07, 6.45) is 3.71. The summed E-state index contributed by atoms with van der Waals surface area (Å²) < 4.78 is 11.2. The van der Waals surface area contributed by atoms with Crippen LogP contribution in [0.3, 0.4) is 0 Å². The van der Waals surface area contributed by atoms with Gasteiger partial charge >= 0.3 is 0 Å². The van der Waals surface area contributed by atoms with Gasteiger partial charge in [0.15, 0.2) is 0 Å². The molecule has 11 nitrogen and oxygen atoms in total. The van der Waals surface area contributed by atoms with Gasteiger partial charge in [0, 0.05) is 56.2 Å². The highest BCUT2D eigenvalue weighted by molar-refractivity contribution is 6.30. The summed E-state index contributed by atoms with van der Waals surface area (Å²) in [7, 11) is 3.28. The lowest BCUT2D eigenvalue weighted by Gasteiger charge is -2.33. The van der Waals surface area contributed by atoms with Crippen molar-refractivity contribution in [3.63, 3.8) is 0 Å². The number of aromatic nitrogens is 1. The lowest BCUT2D eigenvalue weighted by Crippen LogP contribution is -2.44. The van der Waals surface area contributed by atoms with Crippen LogP contribution in [0.25, 0.3) is 11.0 Å². The van der Waals surface area contributed by atoms with Crippen molar-refractivity contribution in [2.24, 2.45) is 11.8 Å². The molecule has 1 aromatic carbocycles. The number of ether oxygens (including phenoxy) is 1. The van der Waals surface area contributed by atoms with E-state index in [0.717, 1.165) is 0 Å². The first-order valence-electron chi connectivity index (χ1n) is 13.6. The van der Waals surface area contributed by atoms with Crippen LogP contribution in [-0.2, 0) is 14.3 Å². The monoisotopic (exact) mass is 581 g/mol. The van der Waals surface area contributed by atoms with Crippen molar-refractivity contribution in [2.45, 2.75) is 25.7 Å². The molecule has 1 aliphatic heterocycles. The molecule has 3 aromatic rings. The number of fused-ring (bicyclic) bond motifs is 1. The van der Waals surface area contributed by atoms with Gasteiger partial charge in [-0.2, -0.15) is 0 Å². The minimum atomic E-state index is -0.619. The first-order chi connectivity index (χ1) is 19.7. The molecule has 0 bridgehead atoms. The summed E-state index contributed by atoms with van der Waals surface area (Å²) in [5.74, 6) is -1.31. The smallest absolute Gasteiger partial charge is 0.294 e. The molecule has 216 valence electrons. The highest BCUT2D eigenvalue weighted by atomic mass is 35.5. The summed E-state index contributed by atoms with van der Waals surface area (Å²) in [6, 6.07) is 7.94. The van der Waals surface area contributed by atoms with Gasteiger partial charge in [0.25, 0.3) is 11.8 Å². The van der Waals surface area contributed by atoms with Gasteiger partial charge in [-0.1, -0.05) is 11.6 Å². The van der Waals surface area contributed by atoms with Gasteiger partial charge in [0.2, 0.25) is 17.6 Å². The van der Waals surface area contributed by atoms with Crippen molar-refractivity contribution >= 4 is 57.7 Å². The van der Waals surface area contributed by atoms with Crippen LogP contribution in [0.4, 0.5) is 11.5 Å². The minimum Gasteiger partial charge on any atom is -0.449 e. The van der Waals surface area contributed by atoms with Gasteiger partial charge in [-0.25, -0.2) is 4.98 Å². The molecule has 3 heterocycles. The number of furan rings is 1. The molecular weight excluding hydrogens is 550 g/mol. The Bertz CT molecular complexity index is 1460. The van der Waals surface area contributed by atoms with E-state index >= 15 is 0 Å². The van der Waals surface area contributed by atoms with Crippen molar-refractivity contribution in [3.05, 3.63) is 52.9 Å². The zero-order valence-corrected chi connectivity index (χ0v) is 23.7. The molecule has 2 aliphatic rings. The Kier molecular flexibility index (Phi) is 8.55. The Balaban J connectivity index is 1.37. The van der Waals surface area contributed by atoms with Crippen molar-refractivity contribution in [3.8, 4) is 0 Å². The Morgan fingerprint density at radius 2 is 1.68 bits per heavy atom. The second kappa shape index (κ2) is 12.3. The van der Waals surface area contributed by atoms with Crippen molar-refractivity contribution in [1.82, 2.24) is 14.8 Å². The van der Waals surface area contributed by atoms with E-state index in [-0.39, 0.29) is 46.8 Å². The van der Waals surface area contributed by atoms with Crippen LogP contribution in [-0.4, -0.2) is 78.8 Å². The molecule has 2 aromatic heterocycles. The lowest BCUT2D eigenvalue weighted by atomic mass is 9.80. The Morgan fingerprint density at radius 1 is 0.976 bits per heavy atom. The molecule has 1 saturated heterocycles. The number of anilines is 2. The molecule has 12 heteroatoms. The van der Waals surface area contributed by atoms with Crippen LogP contribution in [0.1, 0.15) is 46.6 Å². The number of hydrogen-bond donors (Lipinski definition) is 2. The second-order valence-corrected chi connectivity index (χ2v) is 10.9. The van der Waals surface area contributed by atoms with E-state index in [0.29, 0.717) is 73.5 Å². The zero-order valence-electron chi connectivity index (χ0n) is 22.9. The van der Waals surface area contributed by atoms with Crippen molar-refractivity contribution in [2.75, 3.05) is 51.0 Å². The molecule has 4 amide bonds. The van der Waals surface area contributed by atoms with Crippen LogP contribution in [0.2, 0.25) is 5.02 Å². The van der Waals surface area contributed by atoms with E-state index in [4.69, 9.17) is 20.8 Å². The molecular formula is C29H32ClN5O6. The van der Waals surface area contributed by atoms with Gasteiger partial charge in [-0.15, -0.1) is 0 Å². The van der Waals surface area contributed by atoms with Gasteiger partial charge in [-0.05, 0) is 56.0 Å². The molecule has 41 heavy (non-hydrogen) atoms.